The number of esters is 1. The van der Waals surface area contributed by atoms with Crippen LogP contribution in [0.3, 0.4) is 0 Å². The summed E-state index contributed by atoms with van der Waals surface area (Å²) in [7, 11) is 0. The van der Waals surface area contributed by atoms with Crippen molar-refractivity contribution in [2.24, 2.45) is 0 Å². The van der Waals surface area contributed by atoms with Crippen LogP contribution in [0, 0.1) is 10.1 Å². The van der Waals surface area contributed by atoms with Crippen LogP contribution in [0.5, 0.6) is 5.75 Å². The van der Waals surface area contributed by atoms with Gasteiger partial charge in [0.2, 0.25) is 0 Å². The Hall–Kier alpha value is -3.55. The van der Waals surface area contributed by atoms with Crippen molar-refractivity contribution in [1.82, 2.24) is 4.90 Å². The number of para-hydroxylation sites is 1. The highest BCUT2D eigenvalue weighted by atomic mass is 16.6. The molecule has 1 heterocycles. The molecule has 0 unspecified atom stereocenters. The van der Waals surface area contributed by atoms with Crippen molar-refractivity contribution in [2.45, 2.75) is 6.42 Å². The summed E-state index contributed by atoms with van der Waals surface area (Å²) in [6.45, 7) is -0.213. The van der Waals surface area contributed by atoms with Gasteiger partial charge in [-0.15, -0.1) is 0 Å². The van der Waals surface area contributed by atoms with E-state index < -0.39 is 28.4 Å². The lowest BCUT2D eigenvalue weighted by molar-refractivity contribution is -0.385. The molecule has 8 heteroatoms. The van der Waals surface area contributed by atoms with E-state index in [1.165, 1.54) is 12.1 Å². The molecule has 0 atom stereocenters. The van der Waals surface area contributed by atoms with E-state index in [9.17, 15) is 24.5 Å². The molecule has 8 nitrogen and oxygen atoms in total. The number of carbonyl (C=O) groups is 3. The summed E-state index contributed by atoms with van der Waals surface area (Å²) in [4.78, 5) is 47.6. The van der Waals surface area contributed by atoms with Gasteiger partial charge in [0.1, 0.15) is 11.3 Å². The zero-order valence-corrected chi connectivity index (χ0v) is 12.9. The molecule has 2 amide bonds. The minimum absolute atomic E-state index is 0.0318. The molecule has 0 fully saturated rings. The molecule has 2 aromatic carbocycles. The Kier molecular flexibility index (Phi) is 4.25. The van der Waals surface area contributed by atoms with E-state index in [0.717, 1.165) is 11.0 Å². The van der Waals surface area contributed by atoms with Gasteiger partial charge in [0.15, 0.2) is 0 Å². The summed E-state index contributed by atoms with van der Waals surface area (Å²) in [5, 5.41) is 11.0. The van der Waals surface area contributed by atoms with Crippen LogP contribution in [0.15, 0.2) is 48.5 Å². The molecule has 1 aliphatic rings. The van der Waals surface area contributed by atoms with Crippen molar-refractivity contribution in [3.63, 3.8) is 0 Å². The zero-order chi connectivity index (χ0) is 18.0. The third-order valence-electron chi connectivity index (χ3n) is 3.69. The first-order valence-corrected chi connectivity index (χ1v) is 7.38. The summed E-state index contributed by atoms with van der Waals surface area (Å²) in [6, 6.07) is 12.2. The maximum absolute atomic E-state index is 12.4. The van der Waals surface area contributed by atoms with Crippen molar-refractivity contribution in [3.8, 4) is 5.75 Å². The van der Waals surface area contributed by atoms with E-state index in [0.29, 0.717) is 5.75 Å². The van der Waals surface area contributed by atoms with Gasteiger partial charge in [0.25, 0.3) is 17.5 Å². The Labute approximate surface area is 141 Å². The van der Waals surface area contributed by atoms with Crippen LogP contribution in [0.25, 0.3) is 0 Å². The molecule has 0 bridgehead atoms. The van der Waals surface area contributed by atoms with E-state index in [1.54, 1.807) is 30.3 Å². The molecular formula is C17H12N2O6. The molecule has 126 valence electrons. The second-order valence-electron chi connectivity index (χ2n) is 5.26. The number of ether oxygens (including phenoxy) is 1. The standard InChI is InChI=1S/C17H12N2O6/c20-14(25-11-5-2-1-3-6-11)9-10-18-16(21)12-7-4-8-13(19(23)24)15(12)17(18)22/h1-8H,9-10H2. The van der Waals surface area contributed by atoms with Gasteiger partial charge in [-0.1, -0.05) is 24.3 Å². The van der Waals surface area contributed by atoms with Gasteiger partial charge in [0.05, 0.1) is 16.9 Å². The van der Waals surface area contributed by atoms with Gasteiger partial charge < -0.3 is 4.74 Å². The third kappa shape index (κ3) is 3.09. The number of hydrogen-bond acceptors (Lipinski definition) is 6. The highest BCUT2D eigenvalue weighted by Crippen LogP contribution is 2.30. The first-order chi connectivity index (χ1) is 12.0. The van der Waals surface area contributed by atoms with Crippen molar-refractivity contribution < 1.29 is 24.0 Å². The van der Waals surface area contributed by atoms with Gasteiger partial charge in [-0.25, -0.2) is 0 Å². The van der Waals surface area contributed by atoms with E-state index in [1.807, 2.05) is 0 Å². The third-order valence-corrected chi connectivity index (χ3v) is 3.69. The Morgan fingerprint density at radius 2 is 1.76 bits per heavy atom. The Morgan fingerprint density at radius 1 is 1.04 bits per heavy atom. The van der Waals surface area contributed by atoms with Crippen LogP contribution in [0.4, 0.5) is 5.69 Å². The first-order valence-electron chi connectivity index (χ1n) is 7.38. The molecule has 0 aromatic heterocycles. The van der Waals surface area contributed by atoms with Gasteiger partial charge in [-0.3, -0.25) is 29.4 Å². The average Bonchev–Trinajstić information content (AvgIpc) is 2.85. The van der Waals surface area contributed by atoms with E-state index in [2.05, 4.69) is 0 Å². The smallest absolute Gasteiger partial charge is 0.312 e. The number of hydrogen-bond donors (Lipinski definition) is 0. The van der Waals surface area contributed by atoms with Crippen LogP contribution in [-0.4, -0.2) is 34.2 Å². The lowest BCUT2D eigenvalue weighted by atomic mass is 10.1. The van der Waals surface area contributed by atoms with Crippen LogP contribution in [0.1, 0.15) is 27.1 Å². The summed E-state index contributed by atoms with van der Waals surface area (Å²) in [6.07, 6.45) is -0.214. The fourth-order valence-electron chi connectivity index (χ4n) is 2.55. The number of fused-ring (bicyclic) bond motifs is 1. The summed E-state index contributed by atoms with van der Waals surface area (Å²) < 4.78 is 5.09. The number of nitrogens with zero attached hydrogens (tertiary/aromatic N) is 2. The number of nitro benzene ring substituents is 1. The average molecular weight is 340 g/mol. The van der Waals surface area contributed by atoms with Gasteiger partial charge in [-0.2, -0.15) is 0 Å². The number of imide groups is 1. The Morgan fingerprint density at radius 3 is 2.44 bits per heavy atom. The predicted molar refractivity (Wildman–Crippen MR) is 85.2 cm³/mol. The molecule has 25 heavy (non-hydrogen) atoms. The molecule has 0 N–H and O–H groups in total. The van der Waals surface area contributed by atoms with Gasteiger partial charge in [0, 0.05) is 12.6 Å². The lowest BCUT2D eigenvalue weighted by Gasteiger charge is -2.12. The van der Waals surface area contributed by atoms with Crippen molar-refractivity contribution >= 4 is 23.5 Å². The molecule has 0 saturated carbocycles. The number of rotatable bonds is 5. The van der Waals surface area contributed by atoms with Crippen molar-refractivity contribution in [1.29, 1.82) is 0 Å². The van der Waals surface area contributed by atoms with E-state index >= 15 is 0 Å². The molecule has 0 aliphatic carbocycles. The molecule has 3 rings (SSSR count). The topological polar surface area (TPSA) is 107 Å². The minimum Gasteiger partial charge on any atom is -0.426 e. The summed E-state index contributed by atoms with van der Waals surface area (Å²) in [5.41, 5.74) is -0.699. The maximum atomic E-state index is 12.4. The van der Waals surface area contributed by atoms with Gasteiger partial charge in [-0.05, 0) is 18.2 Å². The maximum Gasteiger partial charge on any atom is 0.312 e. The normalized spacial score (nSPS) is 12.9. The fourth-order valence-corrected chi connectivity index (χ4v) is 2.55. The molecule has 2 aromatic rings. The highest BCUT2D eigenvalue weighted by Gasteiger charge is 2.40. The van der Waals surface area contributed by atoms with Crippen molar-refractivity contribution in [3.05, 3.63) is 69.8 Å². The van der Waals surface area contributed by atoms with Crippen molar-refractivity contribution in [2.75, 3.05) is 6.54 Å². The zero-order valence-electron chi connectivity index (χ0n) is 12.9. The second-order valence-corrected chi connectivity index (χ2v) is 5.26. The van der Waals surface area contributed by atoms with Crippen LogP contribution in [-0.2, 0) is 4.79 Å². The largest absolute Gasteiger partial charge is 0.426 e. The molecule has 0 radical (unpaired) electrons. The second kappa shape index (κ2) is 6.52. The lowest BCUT2D eigenvalue weighted by Crippen LogP contribution is -2.32. The Balaban J connectivity index is 1.71. The van der Waals surface area contributed by atoms with E-state index in [-0.39, 0.29) is 24.1 Å². The first kappa shape index (κ1) is 16.3. The number of carbonyl (C=O) groups excluding carboxylic acids is 3. The fraction of sp³-hybridized carbons (Fsp3) is 0.118. The van der Waals surface area contributed by atoms with E-state index in [4.69, 9.17) is 4.74 Å². The quantitative estimate of drug-likeness (QED) is 0.271. The van der Waals surface area contributed by atoms with Crippen LogP contribution in [0.2, 0.25) is 0 Å². The predicted octanol–water partition coefficient (Wildman–Crippen LogP) is 2.19. The molecular weight excluding hydrogens is 328 g/mol. The summed E-state index contributed by atoms with van der Waals surface area (Å²) >= 11 is 0. The number of amides is 2. The van der Waals surface area contributed by atoms with Crippen LogP contribution >= 0.6 is 0 Å². The monoisotopic (exact) mass is 340 g/mol. The number of benzene rings is 2. The highest BCUT2D eigenvalue weighted by molar-refractivity contribution is 6.23. The minimum atomic E-state index is -0.778. The molecule has 1 aliphatic heterocycles. The summed E-state index contributed by atoms with van der Waals surface area (Å²) in [5.74, 6) is -1.70. The molecule has 0 saturated heterocycles. The van der Waals surface area contributed by atoms with Crippen LogP contribution < -0.4 is 4.74 Å². The van der Waals surface area contributed by atoms with Gasteiger partial charge >= 0.3 is 5.97 Å². The molecule has 0 spiro atoms. The number of nitro groups is 1. The Bertz CT molecular complexity index is 878. The SMILES string of the molecule is O=C(CCN1C(=O)c2cccc([N+](=O)[O-])c2C1=O)Oc1ccccc1.